The van der Waals surface area contributed by atoms with Gasteiger partial charge in [-0.2, -0.15) is 4.98 Å². The minimum atomic E-state index is 0.547. The van der Waals surface area contributed by atoms with Crippen molar-refractivity contribution in [3.8, 4) is 10.7 Å². The van der Waals surface area contributed by atoms with Crippen molar-refractivity contribution in [1.29, 1.82) is 0 Å². The lowest BCUT2D eigenvalue weighted by molar-refractivity contribution is 0.215. The van der Waals surface area contributed by atoms with Crippen LogP contribution < -0.4 is 4.90 Å². The van der Waals surface area contributed by atoms with Gasteiger partial charge in [0.25, 0.3) is 0 Å². The third kappa shape index (κ3) is 3.79. The van der Waals surface area contributed by atoms with Gasteiger partial charge in [-0.15, -0.1) is 11.3 Å². The molecule has 0 spiro atoms. The molecule has 0 atom stereocenters. The normalized spacial score (nSPS) is 15.7. The molecule has 0 aromatic carbocycles. The van der Waals surface area contributed by atoms with E-state index >= 15 is 0 Å². The fraction of sp³-hybridized carbons (Fsp3) is 0.312. The molecular formula is C16H15Cl2N5OS. The van der Waals surface area contributed by atoms with Crippen molar-refractivity contribution in [3.05, 3.63) is 45.7 Å². The number of hydrogen-bond donors (Lipinski definition) is 0. The molecule has 1 saturated heterocycles. The lowest BCUT2D eigenvalue weighted by atomic mass is 10.3. The number of halogens is 2. The Kier molecular flexibility index (Phi) is 4.89. The van der Waals surface area contributed by atoms with E-state index in [2.05, 4.69) is 24.9 Å². The summed E-state index contributed by atoms with van der Waals surface area (Å²) in [4.78, 5) is 14.3. The molecule has 1 aliphatic heterocycles. The Morgan fingerprint density at radius 1 is 1.20 bits per heavy atom. The van der Waals surface area contributed by atoms with Crippen molar-refractivity contribution in [1.82, 2.24) is 20.0 Å². The number of thiophene rings is 1. The average molecular weight is 396 g/mol. The monoisotopic (exact) mass is 395 g/mol. The van der Waals surface area contributed by atoms with E-state index in [1.807, 2.05) is 17.5 Å². The smallest absolute Gasteiger partial charge is 0.241 e. The Labute approximate surface area is 159 Å². The van der Waals surface area contributed by atoms with E-state index in [9.17, 15) is 0 Å². The van der Waals surface area contributed by atoms with E-state index in [4.69, 9.17) is 27.7 Å². The zero-order chi connectivity index (χ0) is 17.2. The zero-order valence-electron chi connectivity index (χ0n) is 13.2. The standard InChI is InChI=1S/C16H15Cl2N5OS/c17-11-8-12(18)16(19-9-11)23-5-3-22(4-6-23)10-14-20-15(21-24-14)13-2-1-7-25-13/h1-2,7-9H,3-6,10H2. The van der Waals surface area contributed by atoms with Crippen molar-refractivity contribution < 1.29 is 4.52 Å². The van der Waals surface area contributed by atoms with Crippen LogP contribution in [0.2, 0.25) is 10.0 Å². The second-order valence-electron chi connectivity index (χ2n) is 5.71. The molecule has 3 aromatic rings. The number of hydrogen-bond acceptors (Lipinski definition) is 7. The van der Waals surface area contributed by atoms with Crippen LogP contribution in [0.5, 0.6) is 0 Å². The van der Waals surface area contributed by atoms with Crippen LogP contribution in [0.4, 0.5) is 5.82 Å². The Hall–Kier alpha value is -1.67. The third-order valence-corrected chi connectivity index (χ3v) is 5.38. The van der Waals surface area contributed by atoms with Gasteiger partial charge >= 0.3 is 0 Å². The predicted molar refractivity (Wildman–Crippen MR) is 99.4 cm³/mol. The fourth-order valence-corrected chi connectivity index (χ4v) is 3.92. The van der Waals surface area contributed by atoms with Crippen molar-refractivity contribution >= 4 is 40.4 Å². The molecule has 0 aliphatic carbocycles. The van der Waals surface area contributed by atoms with E-state index in [0.29, 0.717) is 28.3 Å². The van der Waals surface area contributed by atoms with Crippen molar-refractivity contribution in [2.45, 2.75) is 6.54 Å². The molecule has 3 aromatic heterocycles. The summed E-state index contributed by atoms with van der Waals surface area (Å²) < 4.78 is 5.38. The molecular weight excluding hydrogens is 381 g/mol. The van der Waals surface area contributed by atoms with Crippen LogP contribution in [0.1, 0.15) is 5.89 Å². The van der Waals surface area contributed by atoms with Gasteiger partial charge in [0.1, 0.15) is 5.82 Å². The molecule has 0 saturated carbocycles. The first kappa shape index (κ1) is 16.8. The van der Waals surface area contributed by atoms with Crippen molar-refractivity contribution in [3.63, 3.8) is 0 Å². The fourth-order valence-electron chi connectivity index (χ4n) is 2.77. The lowest BCUT2D eigenvalue weighted by Gasteiger charge is -2.35. The summed E-state index contributed by atoms with van der Waals surface area (Å²) >= 11 is 13.8. The second kappa shape index (κ2) is 7.29. The minimum absolute atomic E-state index is 0.547. The van der Waals surface area contributed by atoms with Gasteiger partial charge in [0.05, 0.1) is 21.5 Å². The van der Waals surface area contributed by atoms with Gasteiger partial charge in [0.15, 0.2) is 0 Å². The van der Waals surface area contributed by atoms with Gasteiger partial charge in [-0.05, 0) is 17.5 Å². The van der Waals surface area contributed by atoms with Gasteiger partial charge in [0.2, 0.25) is 11.7 Å². The SMILES string of the molecule is Clc1cnc(N2CCN(Cc3nc(-c4cccs4)no3)CC2)c(Cl)c1. The molecule has 4 rings (SSSR count). The minimum Gasteiger partial charge on any atom is -0.353 e. The Morgan fingerprint density at radius 2 is 2.04 bits per heavy atom. The lowest BCUT2D eigenvalue weighted by Crippen LogP contribution is -2.46. The van der Waals surface area contributed by atoms with E-state index in [0.717, 1.165) is 36.9 Å². The first-order valence-electron chi connectivity index (χ1n) is 7.84. The number of rotatable bonds is 4. The summed E-state index contributed by atoms with van der Waals surface area (Å²) in [6.07, 6.45) is 1.62. The summed E-state index contributed by atoms with van der Waals surface area (Å²) in [5.41, 5.74) is 0. The van der Waals surface area contributed by atoms with Crippen LogP contribution in [0.25, 0.3) is 10.7 Å². The highest BCUT2D eigenvalue weighted by Gasteiger charge is 2.22. The summed E-state index contributed by atoms with van der Waals surface area (Å²) in [6, 6.07) is 5.69. The molecule has 9 heteroatoms. The van der Waals surface area contributed by atoms with E-state index in [1.54, 1.807) is 23.6 Å². The highest BCUT2D eigenvalue weighted by molar-refractivity contribution is 7.13. The van der Waals surface area contributed by atoms with Crippen molar-refractivity contribution in [2.75, 3.05) is 31.1 Å². The number of anilines is 1. The molecule has 1 fully saturated rings. The maximum Gasteiger partial charge on any atom is 0.241 e. The van der Waals surface area contributed by atoms with Crippen LogP contribution >= 0.6 is 34.5 Å². The topological polar surface area (TPSA) is 58.3 Å². The Balaban J connectivity index is 1.36. The maximum absolute atomic E-state index is 6.25. The Bertz CT molecular complexity index is 846. The Morgan fingerprint density at radius 3 is 2.76 bits per heavy atom. The molecule has 4 heterocycles. The summed E-state index contributed by atoms with van der Waals surface area (Å²) in [5, 5.41) is 7.18. The summed E-state index contributed by atoms with van der Waals surface area (Å²) in [6.45, 7) is 4.06. The highest BCUT2D eigenvalue weighted by Crippen LogP contribution is 2.27. The van der Waals surface area contributed by atoms with Crippen LogP contribution in [0, 0.1) is 0 Å². The molecule has 25 heavy (non-hydrogen) atoms. The number of aromatic nitrogens is 3. The number of piperazine rings is 1. The third-order valence-electron chi connectivity index (χ3n) is 4.03. The molecule has 0 unspecified atom stereocenters. The largest absolute Gasteiger partial charge is 0.353 e. The van der Waals surface area contributed by atoms with Gasteiger partial charge in [-0.3, -0.25) is 4.90 Å². The van der Waals surface area contributed by atoms with E-state index in [1.165, 1.54) is 0 Å². The maximum atomic E-state index is 6.25. The zero-order valence-corrected chi connectivity index (χ0v) is 15.6. The van der Waals surface area contributed by atoms with Gasteiger partial charge < -0.3 is 9.42 Å². The summed E-state index contributed by atoms with van der Waals surface area (Å²) in [7, 11) is 0. The van der Waals surface area contributed by atoms with Crippen LogP contribution in [-0.4, -0.2) is 46.2 Å². The number of nitrogens with zero attached hydrogens (tertiary/aromatic N) is 5. The average Bonchev–Trinajstić information content (AvgIpc) is 3.27. The van der Waals surface area contributed by atoms with Crippen LogP contribution in [0.15, 0.2) is 34.3 Å². The van der Waals surface area contributed by atoms with Gasteiger partial charge in [-0.25, -0.2) is 4.98 Å². The number of pyridine rings is 1. The van der Waals surface area contributed by atoms with Crippen LogP contribution in [-0.2, 0) is 6.54 Å². The van der Waals surface area contributed by atoms with E-state index in [-0.39, 0.29) is 0 Å². The first-order valence-corrected chi connectivity index (χ1v) is 9.47. The molecule has 0 N–H and O–H groups in total. The molecule has 6 nitrogen and oxygen atoms in total. The summed E-state index contributed by atoms with van der Waals surface area (Å²) in [5.74, 6) is 2.07. The second-order valence-corrected chi connectivity index (χ2v) is 7.50. The molecule has 130 valence electrons. The van der Waals surface area contributed by atoms with E-state index < -0.39 is 0 Å². The first-order chi connectivity index (χ1) is 12.2. The highest BCUT2D eigenvalue weighted by atomic mass is 35.5. The molecule has 0 bridgehead atoms. The molecule has 1 aliphatic rings. The molecule has 0 radical (unpaired) electrons. The van der Waals surface area contributed by atoms with Crippen LogP contribution in [0.3, 0.4) is 0 Å². The predicted octanol–water partition coefficient (Wildman–Crippen LogP) is 3.82. The van der Waals surface area contributed by atoms with Gasteiger partial charge in [0, 0.05) is 32.4 Å². The van der Waals surface area contributed by atoms with Crippen molar-refractivity contribution in [2.24, 2.45) is 0 Å². The molecule has 0 amide bonds. The van der Waals surface area contributed by atoms with Gasteiger partial charge in [-0.1, -0.05) is 34.4 Å². The quantitative estimate of drug-likeness (QED) is 0.668.